The highest BCUT2D eigenvalue weighted by molar-refractivity contribution is 5.92. The number of nitrogens with zero attached hydrogens (tertiary/aromatic N) is 3. The quantitative estimate of drug-likeness (QED) is 0.789. The number of benzene rings is 1. The average molecular weight is 311 g/mol. The molecule has 0 saturated carbocycles. The van der Waals surface area contributed by atoms with Crippen LogP contribution in [0.3, 0.4) is 0 Å². The second-order valence-electron chi connectivity index (χ2n) is 4.88. The van der Waals surface area contributed by atoms with Crippen molar-refractivity contribution in [3.8, 4) is 11.9 Å². The van der Waals surface area contributed by atoms with Gasteiger partial charge in [0.15, 0.2) is 0 Å². The Morgan fingerprint density at radius 1 is 1.22 bits per heavy atom. The summed E-state index contributed by atoms with van der Waals surface area (Å²) in [4.78, 5) is 17.9. The van der Waals surface area contributed by atoms with Gasteiger partial charge in [0.25, 0.3) is 0 Å². The number of carbonyl (C=O) groups is 1. The van der Waals surface area contributed by atoms with E-state index in [0.717, 1.165) is 5.56 Å². The van der Waals surface area contributed by atoms with Crippen LogP contribution in [-0.4, -0.2) is 32.2 Å². The topological polar surface area (TPSA) is 75.5 Å². The van der Waals surface area contributed by atoms with E-state index in [1.165, 1.54) is 14.2 Å². The lowest BCUT2D eigenvalue weighted by Crippen LogP contribution is -2.18. The Morgan fingerprint density at radius 2 is 1.91 bits per heavy atom. The molecule has 0 saturated heterocycles. The zero-order chi connectivity index (χ0) is 16.8. The van der Waals surface area contributed by atoms with Crippen LogP contribution in [0.25, 0.3) is 0 Å². The third kappa shape index (κ3) is 3.77. The molecule has 0 atom stereocenters. The average Bonchev–Trinajstić information content (AvgIpc) is 2.61. The Hall–Kier alpha value is -3.07. The highest BCUT2D eigenvalue weighted by Gasteiger charge is 2.16. The molecule has 2 rings (SSSR count). The van der Waals surface area contributed by atoms with Gasteiger partial charge in [0.2, 0.25) is 5.88 Å². The number of esters is 1. The van der Waals surface area contributed by atoms with Crippen molar-refractivity contribution in [1.82, 2.24) is 4.98 Å². The van der Waals surface area contributed by atoms with Crippen molar-refractivity contribution in [2.45, 2.75) is 6.54 Å². The number of aromatic nitrogens is 1. The van der Waals surface area contributed by atoms with Gasteiger partial charge in [-0.3, -0.25) is 0 Å². The van der Waals surface area contributed by atoms with Crippen LogP contribution in [0.5, 0.6) is 5.88 Å². The number of ether oxygens (including phenoxy) is 2. The Kier molecular flexibility index (Phi) is 5.15. The van der Waals surface area contributed by atoms with Crippen molar-refractivity contribution < 1.29 is 14.3 Å². The van der Waals surface area contributed by atoms with Crippen molar-refractivity contribution in [3.05, 3.63) is 53.1 Å². The molecule has 0 amide bonds. The third-order valence-electron chi connectivity index (χ3n) is 3.34. The summed E-state index contributed by atoms with van der Waals surface area (Å²) in [5.41, 5.74) is 1.95. The molecule has 0 aliphatic rings. The highest BCUT2D eigenvalue weighted by Crippen LogP contribution is 2.22. The maximum absolute atomic E-state index is 11.6. The van der Waals surface area contributed by atoms with E-state index < -0.39 is 5.97 Å². The van der Waals surface area contributed by atoms with E-state index in [1.54, 1.807) is 24.3 Å². The molecule has 0 radical (unpaired) electrons. The van der Waals surface area contributed by atoms with Crippen LogP contribution in [0.1, 0.15) is 21.5 Å². The fourth-order valence-electron chi connectivity index (χ4n) is 2.10. The number of anilines is 1. The standard InChI is InChI=1S/C17H17N3O3/c1-20(11-13-6-4-12(10-18)5-7-13)15-9-8-14(17(21)23-3)16(19-15)22-2/h4-9H,11H2,1-3H3. The highest BCUT2D eigenvalue weighted by atomic mass is 16.5. The van der Waals surface area contributed by atoms with Crippen LogP contribution >= 0.6 is 0 Å². The van der Waals surface area contributed by atoms with Crippen molar-refractivity contribution in [3.63, 3.8) is 0 Å². The predicted octanol–water partition coefficient (Wildman–Crippen LogP) is 2.38. The Morgan fingerprint density at radius 3 is 2.48 bits per heavy atom. The molecule has 0 aliphatic heterocycles. The number of nitriles is 1. The van der Waals surface area contributed by atoms with Gasteiger partial charge < -0.3 is 14.4 Å². The molecule has 6 heteroatoms. The lowest BCUT2D eigenvalue weighted by atomic mass is 10.1. The van der Waals surface area contributed by atoms with Gasteiger partial charge in [-0.05, 0) is 29.8 Å². The first-order valence-corrected chi connectivity index (χ1v) is 6.92. The molecule has 0 unspecified atom stereocenters. The van der Waals surface area contributed by atoms with E-state index >= 15 is 0 Å². The maximum Gasteiger partial charge on any atom is 0.343 e. The summed E-state index contributed by atoms with van der Waals surface area (Å²) in [5, 5.41) is 8.82. The number of hydrogen-bond acceptors (Lipinski definition) is 6. The van der Waals surface area contributed by atoms with Crippen molar-refractivity contribution in [1.29, 1.82) is 5.26 Å². The van der Waals surface area contributed by atoms with Gasteiger partial charge in [-0.2, -0.15) is 10.2 Å². The molecule has 23 heavy (non-hydrogen) atoms. The summed E-state index contributed by atoms with van der Waals surface area (Å²) in [6.07, 6.45) is 0. The third-order valence-corrected chi connectivity index (χ3v) is 3.34. The summed E-state index contributed by atoms with van der Waals surface area (Å²) in [6.45, 7) is 0.611. The molecule has 6 nitrogen and oxygen atoms in total. The summed E-state index contributed by atoms with van der Waals surface area (Å²) in [7, 11) is 4.66. The van der Waals surface area contributed by atoms with Crippen molar-refractivity contribution >= 4 is 11.8 Å². The van der Waals surface area contributed by atoms with Gasteiger partial charge in [0.05, 0.1) is 25.9 Å². The predicted molar refractivity (Wildman–Crippen MR) is 85.4 cm³/mol. The number of methoxy groups -OCH3 is 2. The normalized spacial score (nSPS) is 9.83. The summed E-state index contributed by atoms with van der Waals surface area (Å²) >= 11 is 0. The molecule has 1 aromatic heterocycles. The molecule has 118 valence electrons. The second kappa shape index (κ2) is 7.27. The molecular formula is C17H17N3O3. The molecule has 1 heterocycles. The van der Waals surface area contributed by atoms with Gasteiger partial charge >= 0.3 is 5.97 Å². The zero-order valence-electron chi connectivity index (χ0n) is 13.2. The molecule has 2 aromatic rings. The van der Waals surface area contributed by atoms with Gasteiger partial charge in [-0.25, -0.2) is 4.79 Å². The Balaban J connectivity index is 2.20. The first-order chi connectivity index (χ1) is 11.1. The SMILES string of the molecule is COC(=O)c1ccc(N(C)Cc2ccc(C#N)cc2)nc1OC. The van der Waals surface area contributed by atoms with Gasteiger partial charge in [-0.1, -0.05) is 12.1 Å². The van der Waals surface area contributed by atoms with E-state index in [9.17, 15) is 4.79 Å². The lowest BCUT2D eigenvalue weighted by Gasteiger charge is -2.19. The van der Waals surface area contributed by atoms with Gasteiger partial charge in [-0.15, -0.1) is 0 Å². The van der Waals surface area contributed by atoms with E-state index in [0.29, 0.717) is 17.9 Å². The smallest absolute Gasteiger partial charge is 0.343 e. The largest absolute Gasteiger partial charge is 0.480 e. The molecular weight excluding hydrogens is 294 g/mol. The first-order valence-electron chi connectivity index (χ1n) is 6.92. The molecule has 0 fully saturated rings. The molecule has 0 N–H and O–H groups in total. The molecule has 0 bridgehead atoms. The summed E-state index contributed by atoms with van der Waals surface area (Å²) in [6, 6.07) is 12.8. The number of pyridine rings is 1. The fraction of sp³-hybridized carbons (Fsp3) is 0.235. The van der Waals surface area contributed by atoms with Crippen LogP contribution in [0, 0.1) is 11.3 Å². The van der Waals surface area contributed by atoms with Gasteiger partial charge in [0, 0.05) is 13.6 Å². The van der Waals surface area contributed by atoms with E-state index in [2.05, 4.69) is 11.1 Å². The van der Waals surface area contributed by atoms with E-state index in [-0.39, 0.29) is 11.4 Å². The minimum atomic E-state index is -0.490. The van der Waals surface area contributed by atoms with Crippen LogP contribution in [0.15, 0.2) is 36.4 Å². The van der Waals surface area contributed by atoms with Crippen LogP contribution in [-0.2, 0) is 11.3 Å². The summed E-state index contributed by atoms with van der Waals surface area (Å²) in [5.74, 6) is 0.399. The van der Waals surface area contributed by atoms with Crippen LogP contribution < -0.4 is 9.64 Å². The van der Waals surface area contributed by atoms with E-state index in [4.69, 9.17) is 14.7 Å². The van der Waals surface area contributed by atoms with Crippen LogP contribution in [0.2, 0.25) is 0 Å². The van der Waals surface area contributed by atoms with Crippen molar-refractivity contribution in [2.24, 2.45) is 0 Å². The van der Waals surface area contributed by atoms with Gasteiger partial charge in [0.1, 0.15) is 11.4 Å². The second-order valence-corrected chi connectivity index (χ2v) is 4.88. The monoisotopic (exact) mass is 311 g/mol. The maximum atomic E-state index is 11.6. The Bertz CT molecular complexity index is 736. The Labute approximate surface area is 134 Å². The molecule has 0 spiro atoms. The minimum absolute atomic E-state index is 0.223. The minimum Gasteiger partial charge on any atom is -0.480 e. The van der Waals surface area contributed by atoms with Crippen molar-refractivity contribution in [2.75, 3.05) is 26.2 Å². The number of hydrogen-bond donors (Lipinski definition) is 0. The zero-order valence-corrected chi connectivity index (χ0v) is 13.2. The molecule has 0 aliphatic carbocycles. The summed E-state index contributed by atoms with van der Waals surface area (Å²) < 4.78 is 9.86. The first kappa shape index (κ1) is 16.3. The van der Waals surface area contributed by atoms with E-state index in [1.807, 2.05) is 24.1 Å². The lowest BCUT2D eigenvalue weighted by molar-refractivity contribution is 0.0596. The molecule has 1 aromatic carbocycles. The van der Waals surface area contributed by atoms with Crippen LogP contribution in [0.4, 0.5) is 5.82 Å². The number of carbonyl (C=O) groups excluding carboxylic acids is 1. The fourth-order valence-corrected chi connectivity index (χ4v) is 2.10. The number of rotatable bonds is 5.